The van der Waals surface area contributed by atoms with Crippen LogP contribution in [0, 0.1) is 0 Å². The Hall–Kier alpha value is -0.840. The van der Waals surface area contributed by atoms with Crippen molar-refractivity contribution in [1.82, 2.24) is 4.90 Å². The molecule has 0 unspecified atom stereocenters. The fourth-order valence-electron chi connectivity index (χ4n) is 1.21. The van der Waals surface area contributed by atoms with Crippen LogP contribution in [0.5, 0.6) is 11.5 Å². The van der Waals surface area contributed by atoms with Crippen LogP contribution in [0.3, 0.4) is 0 Å². The van der Waals surface area contributed by atoms with Gasteiger partial charge in [-0.2, -0.15) is 0 Å². The van der Waals surface area contributed by atoms with Gasteiger partial charge in [0.15, 0.2) is 11.5 Å². The van der Waals surface area contributed by atoms with Crippen molar-refractivity contribution in [2.45, 2.75) is 0 Å². The van der Waals surface area contributed by atoms with Crippen molar-refractivity contribution < 1.29 is 9.47 Å². The van der Waals surface area contributed by atoms with Gasteiger partial charge in [-0.1, -0.05) is 11.6 Å². The van der Waals surface area contributed by atoms with Crippen LogP contribution in [-0.4, -0.2) is 39.3 Å². The van der Waals surface area contributed by atoms with E-state index in [1.807, 2.05) is 19.0 Å². The Labute approximate surface area is 113 Å². The normalized spacial score (nSPS) is 9.94. The zero-order chi connectivity index (χ0) is 12.1. The first-order chi connectivity index (χ1) is 7.54. The van der Waals surface area contributed by atoms with E-state index in [1.165, 1.54) is 0 Å². The molecule has 2 N–H and O–H groups in total. The Bertz CT molecular complexity index is 360. The van der Waals surface area contributed by atoms with E-state index in [9.17, 15) is 0 Å². The van der Waals surface area contributed by atoms with E-state index in [-0.39, 0.29) is 12.4 Å². The van der Waals surface area contributed by atoms with Gasteiger partial charge in [0, 0.05) is 18.3 Å². The van der Waals surface area contributed by atoms with Crippen LogP contribution in [0.25, 0.3) is 0 Å². The number of nitrogen functional groups attached to an aromatic ring is 1. The number of methoxy groups -OCH3 is 1. The Kier molecular flexibility index (Phi) is 7.11. The van der Waals surface area contributed by atoms with Gasteiger partial charge in [-0.25, -0.2) is 0 Å². The molecule has 0 fully saturated rings. The molecule has 0 saturated heterocycles. The standard InChI is InChI=1S/C11H17ClN2O2.ClH/c1-14(2)4-5-16-11-9(12)6-8(13)7-10(11)15-3;/h6-7H,4-5,13H2,1-3H3;1H. The third-order valence-corrected chi connectivity index (χ3v) is 2.32. The van der Waals surface area contributed by atoms with Gasteiger partial charge < -0.3 is 20.1 Å². The zero-order valence-electron chi connectivity index (χ0n) is 10.2. The van der Waals surface area contributed by atoms with Crippen LogP contribution in [0.1, 0.15) is 0 Å². The second-order valence-corrected chi connectivity index (χ2v) is 4.09. The Morgan fingerprint density at radius 1 is 1.35 bits per heavy atom. The second-order valence-electron chi connectivity index (χ2n) is 3.69. The SMILES string of the molecule is COc1cc(N)cc(Cl)c1OCCN(C)C.Cl. The maximum absolute atomic E-state index is 6.03. The van der Waals surface area contributed by atoms with Gasteiger partial charge in [0.1, 0.15) is 6.61 Å². The molecule has 0 bridgehead atoms. The monoisotopic (exact) mass is 280 g/mol. The van der Waals surface area contributed by atoms with Crippen LogP contribution in [0.2, 0.25) is 5.02 Å². The molecule has 1 aromatic rings. The summed E-state index contributed by atoms with van der Waals surface area (Å²) in [5.74, 6) is 1.10. The quantitative estimate of drug-likeness (QED) is 0.841. The average Bonchev–Trinajstić information content (AvgIpc) is 2.20. The fraction of sp³-hybridized carbons (Fsp3) is 0.455. The lowest BCUT2D eigenvalue weighted by atomic mass is 10.3. The third kappa shape index (κ3) is 4.89. The van der Waals surface area contributed by atoms with E-state index in [0.29, 0.717) is 28.8 Å². The molecular formula is C11H18Cl2N2O2. The summed E-state index contributed by atoms with van der Waals surface area (Å²) in [5.41, 5.74) is 6.21. The summed E-state index contributed by atoms with van der Waals surface area (Å²) in [7, 11) is 5.51. The van der Waals surface area contributed by atoms with Gasteiger partial charge >= 0.3 is 0 Å². The number of rotatable bonds is 5. The molecule has 0 aromatic heterocycles. The summed E-state index contributed by atoms with van der Waals surface area (Å²) in [6.07, 6.45) is 0. The summed E-state index contributed by atoms with van der Waals surface area (Å²) in [6, 6.07) is 3.34. The topological polar surface area (TPSA) is 47.7 Å². The van der Waals surface area contributed by atoms with Gasteiger partial charge in [-0.15, -0.1) is 12.4 Å². The number of anilines is 1. The molecule has 0 spiro atoms. The van der Waals surface area contributed by atoms with Crippen molar-refractivity contribution >= 4 is 29.7 Å². The highest BCUT2D eigenvalue weighted by Gasteiger charge is 2.10. The van der Waals surface area contributed by atoms with Crippen molar-refractivity contribution in [1.29, 1.82) is 0 Å². The van der Waals surface area contributed by atoms with E-state index in [0.717, 1.165) is 6.54 Å². The molecule has 0 aliphatic rings. The van der Waals surface area contributed by atoms with Crippen molar-refractivity contribution in [2.24, 2.45) is 0 Å². The summed E-state index contributed by atoms with van der Waals surface area (Å²) in [4.78, 5) is 2.03. The minimum absolute atomic E-state index is 0. The predicted octanol–water partition coefficient (Wildman–Crippen LogP) is 2.29. The summed E-state index contributed by atoms with van der Waals surface area (Å²) >= 11 is 6.03. The summed E-state index contributed by atoms with van der Waals surface area (Å²) < 4.78 is 10.7. The first-order valence-electron chi connectivity index (χ1n) is 4.95. The number of hydrogen-bond donors (Lipinski definition) is 1. The molecule has 0 saturated carbocycles. The summed E-state index contributed by atoms with van der Waals surface area (Å²) in [5, 5.41) is 0.468. The minimum Gasteiger partial charge on any atom is -0.493 e. The number of hydrogen-bond acceptors (Lipinski definition) is 4. The average molecular weight is 281 g/mol. The van der Waals surface area contributed by atoms with Gasteiger partial charge in [0.05, 0.1) is 12.1 Å². The Balaban J connectivity index is 0.00000256. The van der Waals surface area contributed by atoms with E-state index in [4.69, 9.17) is 26.8 Å². The molecule has 0 amide bonds. The molecule has 0 heterocycles. The van der Waals surface area contributed by atoms with E-state index >= 15 is 0 Å². The molecule has 1 aromatic carbocycles. The predicted molar refractivity (Wildman–Crippen MR) is 73.7 cm³/mol. The third-order valence-electron chi connectivity index (χ3n) is 2.04. The molecule has 0 radical (unpaired) electrons. The largest absolute Gasteiger partial charge is 0.493 e. The number of nitrogens with zero attached hydrogens (tertiary/aromatic N) is 1. The number of likely N-dealkylation sites (N-methyl/N-ethyl adjacent to an activating group) is 1. The molecule has 0 aliphatic heterocycles. The van der Waals surface area contributed by atoms with Crippen LogP contribution in [0.15, 0.2) is 12.1 Å². The molecular weight excluding hydrogens is 263 g/mol. The highest BCUT2D eigenvalue weighted by molar-refractivity contribution is 6.32. The first kappa shape index (κ1) is 16.2. The van der Waals surface area contributed by atoms with Crippen LogP contribution in [-0.2, 0) is 0 Å². The lowest BCUT2D eigenvalue weighted by Crippen LogP contribution is -2.19. The van der Waals surface area contributed by atoms with Crippen LogP contribution >= 0.6 is 24.0 Å². The van der Waals surface area contributed by atoms with Crippen molar-refractivity contribution in [3.8, 4) is 11.5 Å². The van der Waals surface area contributed by atoms with Gasteiger partial charge in [-0.05, 0) is 20.2 Å². The highest BCUT2D eigenvalue weighted by Crippen LogP contribution is 2.37. The van der Waals surface area contributed by atoms with Crippen LogP contribution in [0.4, 0.5) is 5.69 Å². The maximum atomic E-state index is 6.03. The number of benzene rings is 1. The summed E-state index contributed by atoms with van der Waals surface area (Å²) in [6.45, 7) is 1.36. The second kappa shape index (κ2) is 7.48. The molecule has 1 rings (SSSR count). The zero-order valence-corrected chi connectivity index (χ0v) is 11.8. The van der Waals surface area contributed by atoms with E-state index in [2.05, 4.69) is 0 Å². The van der Waals surface area contributed by atoms with Gasteiger partial charge in [0.25, 0.3) is 0 Å². The highest BCUT2D eigenvalue weighted by atomic mass is 35.5. The Morgan fingerprint density at radius 2 is 2.00 bits per heavy atom. The molecule has 6 heteroatoms. The van der Waals surface area contributed by atoms with Crippen molar-refractivity contribution in [2.75, 3.05) is 40.1 Å². The number of nitrogens with two attached hydrogens (primary N) is 1. The lowest BCUT2D eigenvalue weighted by molar-refractivity contribution is 0.251. The molecule has 4 nitrogen and oxygen atoms in total. The van der Waals surface area contributed by atoms with Crippen molar-refractivity contribution in [3.63, 3.8) is 0 Å². The Morgan fingerprint density at radius 3 is 2.53 bits per heavy atom. The number of ether oxygens (including phenoxy) is 2. The van der Waals surface area contributed by atoms with Gasteiger partial charge in [0.2, 0.25) is 0 Å². The van der Waals surface area contributed by atoms with Crippen LogP contribution < -0.4 is 15.2 Å². The molecule has 0 aliphatic carbocycles. The maximum Gasteiger partial charge on any atom is 0.179 e. The van der Waals surface area contributed by atoms with E-state index < -0.39 is 0 Å². The minimum atomic E-state index is 0. The van der Waals surface area contributed by atoms with Gasteiger partial charge in [-0.3, -0.25) is 0 Å². The molecule has 0 atom stereocenters. The smallest absolute Gasteiger partial charge is 0.179 e. The lowest BCUT2D eigenvalue weighted by Gasteiger charge is -2.15. The fourth-order valence-corrected chi connectivity index (χ4v) is 1.48. The molecule has 17 heavy (non-hydrogen) atoms. The molecule has 98 valence electrons. The van der Waals surface area contributed by atoms with E-state index in [1.54, 1.807) is 19.2 Å². The number of halogens is 2. The van der Waals surface area contributed by atoms with Crippen molar-refractivity contribution in [3.05, 3.63) is 17.2 Å². The first-order valence-corrected chi connectivity index (χ1v) is 5.33.